The van der Waals surface area contributed by atoms with Crippen LogP contribution < -0.4 is 0 Å². The quantitative estimate of drug-likeness (QED) is 0.708. The molecule has 0 saturated carbocycles. The molecule has 0 unspecified atom stereocenters. The molecule has 1 heterocycles. The molecule has 0 spiro atoms. The summed E-state index contributed by atoms with van der Waals surface area (Å²) in [5.41, 5.74) is 0.124. The molecule has 0 bridgehead atoms. The molecule has 1 aliphatic rings. The first-order valence-corrected chi connectivity index (χ1v) is 9.06. The Balaban J connectivity index is 1.78. The second kappa shape index (κ2) is 8.66. The molecule has 5 atom stereocenters. The average Bonchev–Trinajstić information content (AvgIpc) is 2.65. The molecule has 0 aromatic heterocycles. The summed E-state index contributed by atoms with van der Waals surface area (Å²) in [7, 11) is 0. The lowest BCUT2D eigenvalue weighted by atomic mass is 10.00. The number of carbonyl (C=O) groups is 1. The van der Waals surface area contributed by atoms with Gasteiger partial charge in [-0.1, -0.05) is 60.3 Å². The fourth-order valence-corrected chi connectivity index (χ4v) is 3.84. The van der Waals surface area contributed by atoms with Gasteiger partial charge in [0.25, 0.3) is 0 Å². The molecule has 138 valence electrons. The summed E-state index contributed by atoms with van der Waals surface area (Å²) >= 11 is 1.25. The first-order chi connectivity index (χ1) is 12.6. The molecular formula is C19H20O6S. The van der Waals surface area contributed by atoms with Crippen LogP contribution in [0.15, 0.2) is 65.6 Å². The number of hydrogen-bond donors (Lipinski definition) is 3. The van der Waals surface area contributed by atoms with Crippen LogP contribution in [0.1, 0.15) is 5.56 Å². The third-order valence-electron chi connectivity index (χ3n) is 4.07. The summed E-state index contributed by atoms with van der Waals surface area (Å²) < 4.78 is 11.4. The van der Waals surface area contributed by atoms with Gasteiger partial charge in [0.15, 0.2) is 6.10 Å². The molecule has 7 heteroatoms. The van der Waals surface area contributed by atoms with Crippen molar-refractivity contribution in [1.82, 2.24) is 0 Å². The summed E-state index contributed by atoms with van der Waals surface area (Å²) in [6, 6.07) is 18.7. The van der Waals surface area contributed by atoms with E-state index in [9.17, 15) is 20.1 Å². The SMILES string of the molecule is O=C(O)[C@H]1O[C@@H](Sc2ccccc2)[C@H](OCc2ccccc2)[C@@H](O)[C@H]1O. The maximum absolute atomic E-state index is 11.3. The van der Waals surface area contributed by atoms with E-state index < -0.39 is 35.8 Å². The fraction of sp³-hybridized carbons (Fsp3) is 0.316. The van der Waals surface area contributed by atoms with Crippen molar-refractivity contribution >= 4 is 17.7 Å². The van der Waals surface area contributed by atoms with Gasteiger partial charge in [0.2, 0.25) is 0 Å². The zero-order valence-corrected chi connectivity index (χ0v) is 14.7. The molecule has 0 radical (unpaired) electrons. The highest BCUT2D eigenvalue weighted by Gasteiger charge is 2.48. The number of ether oxygens (including phenoxy) is 2. The van der Waals surface area contributed by atoms with Crippen molar-refractivity contribution < 1.29 is 29.6 Å². The van der Waals surface area contributed by atoms with E-state index in [1.807, 2.05) is 60.7 Å². The monoisotopic (exact) mass is 376 g/mol. The summed E-state index contributed by atoms with van der Waals surface area (Å²) in [4.78, 5) is 12.2. The normalized spacial score (nSPS) is 28.6. The number of rotatable bonds is 6. The van der Waals surface area contributed by atoms with E-state index >= 15 is 0 Å². The minimum Gasteiger partial charge on any atom is -0.479 e. The summed E-state index contributed by atoms with van der Waals surface area (Å²) in [5, 5.41) is 29.8. The number of aliphatic hydroxyl groups is 2. The molecular weight excluding hydrogens is 356 g/mol. The van der Waals surface area contributed by atoms with Crippen LogP contribution >= 0.6 is 11.8 Å². The fourth-order valence-electron chi connectivity index (χ4n) is 2.71. The van der Waals surface area contributed by atoms with Crippen molar-refractivity contribution in [1.29, 1.82) is 0 Å². The minimum atomic E-state index is -1.57. The zero-order chi connectivity index (χ0) is 18.5. The Hall–Kier alpha value is -1.90. The molecule has 3 N–H and O–H groups in total. The highest BCUT2D eigenvalue weighted by Crippen LogP contribution is 2.35. The molecule has 26 heavy (non-hydrogen) atoms. The lowest BCUT2D eigenvalue weighted by Gasteiger charge is -2.40. The van der Waals surface area contributed by atoms with Crippen molar-refractivity contribution in [2.24, 2.45) is 0 Å². The second-order valence-electron chi connectivity index (χ2n) is 5.94. The van der Waals surface area contributed by atoms with Gasteiger partial charge in [-0.3, -0.25) is 0 Å². The summed E-state index contributed by atoms with van der Waals surface area (Å²) in [5.74, 6) is -1.32. The topological polar surface area (TPSA) is 96.2 Å². The molecule has 3 rings (SSSR count). The second-order valence-corrected chi connectivity index (χ2v) is 7.11. The molecule has 1 fully saturated rings. The Kier molecular flexibility index (Phi) is 6.29. The minimum absolute atomic E-state index is 0.211. The van der Waals surface area contributed by atoms with Crippen LogP contribution in [0, 0.1) is 0 Å². The number of thioether (sulfide) groups is 1. The van der Waals surface area contributed by atoms with Crippen molar-refractivity contribution in [3.8, 4) is 0 Å². The van der Waals surface area contributed by atoms with Gasteiger partial charge in [0.05, 0.1) is 6.61 Å². The number of carboxylic acid groups (broad SMARTS) is 1. The highest BCUT2D eigenvalue weighted by atomic mass is 32.2. The first kappa shape index (κ1) is 18.9. The highest BCUT2D eigenvalue weighted by molar-refractivity contribution is 7.99. The smallest absolute Gasteiger partial charge is 0.335 e. The van der Waals surface area contributed by atoms with Crippen molar-refractivity contribution in [3.05, 3.63) is 66.2 Å². The number of benzene rings is 2. The number of carboxylic acids is 1. The third-order valence-corrected chi connectivity index (χ3v) is 5.23. The summed E-state index contributed by atoms with van der Waals surface area (Å²) in [6.07, 6.45) is -5.34. The standard InChI is InChI=1S/C19H20O6S/c20-14-15(21)17(24-11-12-7-3-1-4-8-12)19(25-16(14)18(22)23)26-13-9-5-2-6-10-13/h1-10,14-17,19-21H,11H2,(H,22,23)/t14-,15+,16+,17-,19+/m1/s1. The van der Waals surface area contributed by atoms with Gasteiger partial charge in [0, 0.05) is 4.90 Å². The Morgan fingerprint density at radius 3 is 2.23 bits per heavy atom. The average molecular weight is 376 g/mol. The third kappa shape index (κ3) is 4.44. The van der Waals surface area contributed by atoms with Crippen LogP contribution in [0.2, 0.25) is 0 Å². The van der Waals surface area contributed by atoms with Crippen LogP contribution in [0.5, 0.6) is 0 Å². The van der Waals surface area contributed by atoms with E-state index in [-0.39, 0.29) is 6.61 Å². The van der Waals surface area contributed by atoms with Gasteiger partial charge >= 0.3 is 5.97 Å². The number of aliphatic hydroxyl groups excluding tert-OH is 2. The maximum atomic E-state index is 11.3. The van der Waals surface area contributed by atoms with Gasteiger partial charge in [-0.05, 0) is 17.7 Å². The van der Waals surface area contributed by atoms with E-state index in [1.54, 1.807) is 0 Å². The van der Waals surface area contributed by atoms with E-state index in [0.717, 1.165) is 10.5 Å². The van der Waals surface area contributed by atoms with Crippen LogP contribution in [0.25, 0.3) is 0 Å². The Labute approximate surface area is 155 Å². The van der Waals surface area contributed by atoms with Gasteiger partial charge in [-0.25, -0.2) is 4.79 Å². The van der Waals surface area contributed by atoms with E-state index in [4.69, 9.17) is 9.47 Å². The van der Waals surface area contributed by atoms with Gasteiger partial charge in [-0.2, -0.15) is 0 Å². The predicted molar refractivity (Wildman–Crippen MR) is 95.6 cm³/mol. The first-order valence-electron chi connectivity index (χ1n) is 8.18. The van der Waals surface area contributed by atoms with E-state index in [1.165, 1.54) is 11.8 Å². The van der Waals surface area contributed by atoms with Gasteiger partial charge < -0.3 is 24.8 Å². The Morgan fingerprint density at radius 2 is 1.62 bits per heavy atom. The maximum Gasteiger partial charge on any atom is 0.335 e. The van der Waals surface area contributed by atoms with Crippen LogP contribution in [-0.2, 0) is 20.9 Å². The molecule has 1 saturated heterocycles. The molecule has 6 nitrogen and oxygen atoms in total. The lowest BCUT2D eigenvalue weighted by molar-refractivity contribution is -0.221. The largest absolute Gasteiger partial charge is 0.479 e. The predicted octanol–water partition coefficient (Wildman–Crippen LogP) is 1.90. The van der Waals surface area contributed by atoms with Crippen LogP contribution in [-0.4, -0.2) is 51.1 Å². The van der Waals surface area contributed by atoms with E-state index in [0.29, 0.717) is 0 Å². The molecule has 2 aromatic carbocycles. The molecule has 0 aliphatic carbocycles. The Morgan fingerprint density at radius 1 is 1.00 bits per heavy atom. The Bertz CT molecular complexity index is 710. The van der Waals surface area contributed by atoms with Crippen LogP contribution in [0.4, 0.5) is 0 Å². The zero-order valence-electron chi connectivity index (χ0n) is 13.8. The van der Waals surface area contributed by atoms with Gasteiger partial charge in [-0.15, -0.1) is 0 Å². The van der Waals surface area contributed by atoms with Gasteiger partial charge in [0.1, 0.15) is 23.7 Å². The summed E-state index contributed by atoms with van der Waals surface area (Å²) in [6.45, 7) is 0.211. The van der Waals surface area contributed by atoms with E-state index in [2.05, 4.69) is 0 Å². The molecule has 2 aromatic rings. The molecule has 0 amide bonds. The number of hydrogen-bond acceptors (Lipinski definition) is 6. The van der Waals surface area contributed by atoms with Crippen molar-refractivity contribution in [2.45, 2.75) is 41.4 Å². The lowest BCUT2D eigenvalue weighted by Crippen LogP contribution is -2.59. The molecule has 1 aliphatic heterocycles. The van der Waals surface area contributed by atoms with Crippen molar-refractivity contribution in [3.63, 3.8) is 0 Å². The van der Waals surface area contributed by atoms with Crippen molar-refractivity contribution in [2.75, 3.05) is 0 Å². The van der Waals surface area contributed by atoms with Crippen LogP contribution in [0.3, 0.4) is 0 Å². The number of aliphatic carboxylic acids is 1.